The van der Waals surface area contributed by atoms with Gasteiger partial charge >= 0.3 is 74.9 Å². The topological polar surface area (TPSA) is 3.24 Å². The van der Waals surface area contributed by atoms with E-state index in [0.29, 0.717) is 0 Å². The second-order valence-corrected chi connectivity index (χ2v) is 3.88. The molecule has 0 saturated heterocycles. The third kappa shape index (κ3) is 1.90. The van der Waals surface area contributed by atoms with Crippen molar-refractivity contribution in [2.45, 2.75) is 0 Å². The monoisotopic (exact) mass is 251 g/mol. The Morgan fingerprint density at radius 1 is 1.10 bits per heavy atom. The molecule has 0 N–H and O–H groups in total. The van der Waals surface area contributed by atoms with Crippen LogP contribution in [0.4, 0.5) is 5.69 Å². The zero-order chi connectivity index (χ0) is 7.56. The fourth-order valence-electron chi connectivity index (χ4n) is 0.751. The van der Waals surface area contributed by atoms with Crippen LogP contribution in [-0.4, -0.2) is 36.4 Å². The zero-order valence-electron chi connectivity index (χ0n) is 6.20. The predicted octanol–water partition coefficient (Wildman–Crippen LogP) is 0.279. The number of hydrogen-bond acceptors (Lipinski definition) is 1. The molecule has 0 saturated carbocycles. The van der Waals surface area contributed by atoms with E-state index in [0.717, 1.165) is 0 Å². The molecule has 0 atom stereocenters. The van der Waals surface area contributed by atoms with Crippen molar-refractivity contribution >= 4 is 31.6 Å². The SMILES string of the molecule is CN(C)c1ccc([TeH])cc1. The first-order valence-corrected chi connectivity index (χ1v) is 4.44. The summed E-state index contributed by atoms with van der Waals surface area (Å²) in [6, 6.07) is 8.55. The molecule has 54 valence electrons. The van der Waals surface area contributed by atoms with E-state index >= 15 is 0 Å². The number of nitrogens with zero attached hydrogens (tertiary/aromatic N) is 1. The van der Waals surface area contributed by atoms with Crippen molar-refractivity contribution < 1.29 is 0 Å². The molecule has 0 aliphatic rings. The van der Waals surface area contributed by atoms with Gasteiger partial charge in [0.25, 0.3) is 0 Å². The summed E-state index contributed by atoms with van der Waals surface area (Å²) in [5.41, 5.74) is 1.26. The molecular formula is C8H11NTe. The van der Waals surface area contributed by atoms with E-state index in [9.17, 15) is 0 Å². The summed E-state index contributed by atoms with van der Waals surface area (Å²) in [7, 11) is 4.10. The summed E-state index contributed by atoms with van der Waals surface area (Å²) in [5, 5.41) is 0. The molecule has 1 aromatic carbocycles. The molecule has 0 bridgehead atoms. The minimum atomic E-state index is 1.26. The first kappa shape index (κ1) is 7.91. The van der Waals surface area contributed by atoms with Gasteiger partial charge in [0.1, 0.15) is 0 Å². The summed E-state index contributed by atoms with van der Waals surface area (Å²) < 4.78 is 1.36. The van der Waals surface area contributed by atoms with Crippen molar-refractivity contribution in [2.24, 2.45) is 0 Å². The van der Waals surface area contributed by atoms with Crippen LogP contribution in [0.2, 0.25) is 0 Å². The Bertz CT molecular complexity index is 203. The predicted molar refractivity (Wildman–Crippen MR) is 47.6 cm³/mol. The van der Waals surface area contributed by atoms with Crippen molar-refractivity contribution in [3.63, 3.8) is 0 Å². The maximum absolute atomic E-state index is 2.14. The van der Waals surface area contributed by atoms with Gasteiger partial charge in [-0.05, 0) is 0 Å². The molecule has 0 aliphatic carbocycles. The Balaban J connectivity index is 2.89. The quantitative estimate of drug-likeness (QED) is 0.646. The van der Waals surface area contributed by atoms with Gasteiger partial charge < -0.3 is 0 Å². The van der Waals surface area contributed by atoms with E-state index in [4.69, 9.17) is 0 Å². The van der Waals surface area contributed by atoms with Crippen molar-refractivity contribution in [1.29, 1.82) is 0 Å². The van der Waals surface area contributed by atoms with Crippen LogP contribution in [-0.2, 0) is 0 Å². The maximum atomic E-state index is 2.14. The second-order valence-electron chi connectivity index (χ2n) is 2.41. The van der Waals surface area contributed by atoms with Crippen LogP contribution in [0.25, 0.3) is 0 Å². The van der Waals surface area contributed by atoms with Crippen molar-refractivity contribution in [1.82, 2.24) is 0 Å². The Morgan fingerprint density at radius 3 is 2.00 bits per heavy atom. The minimum absolute atomic E-state index is 1.26. The molecule has 2 heteroatoms. The van der Waals surface area contributed by atoms with E-state index < -0.39 is 0 Å². The molecule has 10 heavy (non-hydrogen) atoms. The van der Waals surface area contributed by atoms with Gasteiger partial charge in [0.2, 0.25) is 0 Å². The van der Waals surface area contributed by atoms with Crippen LogP contribution >= 0.6 is 0 Å². The standard InChI is InChI=1S/C8H11NTe/c1-9(2)7-3-5-8(10)6-4-7/h3-6,10H,1-2H3. The molecule has 0 fully saturated rings. The summed E-state index contributed by atoms with van der Waals surface area (Å²) >= 11 is 1.76. The molecule has 0 aliphatic heterocycles. The van der Waals surface area contributed by atoms with E-state index in [1.54, 1.807) is 22.3 Å². The summed E-state index contributed by atoms with van der Waals surface area (Å²) in [6.07, 6.45) is 0. The molecule has 0 aromatic heterocycles. The number of anilines is 1. The molecule has 0 amide bonds. The molecule has 1 rings (SSSR count). The molecule has 0 spiro atoms. The molecule has 1 aromatic rings. The van der Waals surface area contributed by atoms with Crippen LogP contribution < -0.4 is 8.51 Å². The number of rotatable bonds is 1. The van der Waals surface area contributed by atoms with Crippen LogP contribution in [0.3, 0.4) is 0 Å². The van der Waals surface area contributed by atoms with E-state index in [2.05, 4.69) is 43.3 Å². The second kappa shape index (κ2) is 3.27. The van der Waals surface area contributed by atoms with Gasteiger partial charge in [0, 0.05) is 0 Å². The Morgan fingerprint density at radius 2 is 1.60 bits per heavy atom. The van der Waals surface area contributed by atoms with Crippen LogP contribution in [0, 0.1) is 0 Å². The van der Waals surface area contributed by atoms with Crippen molar-refractivity contribution in [3.05, 3.63) is 24.3 Å². The number of hydrogen-bond donors (Lipinski definition) is 0. The zero-order valence-corrected chi connectivity index (χ0v) is 8.76. The van der Waals surface area contributed by atoms with Gasteiger partial charge in [-0.2, -0.15) is 0 Å². The van der Waals surface area contributed by atoms with Gasteiger partial charge in [-0.3, -0.25) is 0 Å². The summed E-state index contributed by atoms with van der Waals surface area (Å²) in [5.74, 6) is 0. The van der Waals surface area contributed by atoms with Gasteiger partial charge in [-0.15, -0.1) is 0 Å². The fourth-order valence-corrected chi connectivity index (χ4v) is 1.18. The van der Waals surface area contributed by atoms with Crippen molar-refractivity contribution in [3.8, 4) is 0 Å². The van der Waals surface area contributed by atoms with E-state index in [1.807, 2.05) is 0 Å². The Labute approximate surface area is 74.9 Å². The summed E-state index contributed by atoms with van der Waals surface area (Å²) in [4.78, 5) is 2.10. The first-order valence-electron chi connectivity index (χ1n) is 3.16. The number of benzene rings is 1. The van der Waals surface area contributed by atoms with Gasteiger partial charge in [-0.25, -0.2) is 0 Å². The van der Waals surface area contributed by atoms with Crippen LogP contribution in [0.5, 0.6) is 0 Å². The van der Waals surface area contributed by atoms with Crippen molar-refractivity contribution in [2.75, 3.05) is 19.0 Å². The van der Waals surface area contributed by atoms with Crippen LogP contribution in [0.1, 0.15) is 0 Å². The third-order valence-corrected chi connectivity index (χ3v) is 2.22. The van der Waals surface area contributed by atoms with Crippen LogP contribution in [0.15, 0.2) is 24.3 Å². The van der Waals surface area contributed by atoms with E-state index in [-0.39, 0.29) is 0 Å². The Hall–Kier alpha value is -0.190. The molecule has 1 nitrogen and oxygen atoms in total. The van der Waals surface area contributed by atoms with Gasteiger partial charge in [-0.1, -0.05) is 0 Å². The van der Waals surface area contributed by atoms with Gasteiger partial charge in [0.05, 0.1) is 0 Å². The van der Waals surface area contributed by atoms with E-state index in [1.165, 1.54) is 9.30 Å². The first-order chi connectivity index (χ1) is 4.70. The average molecular weight is 249 g/mol. The van der Waals surface area contributed by atoms with Gasteiger partial charge in [0.15, 0.2) is 0 Å². The fraction of sp³-hybridized carbons (Fsp3) is 0.250. The molecule has 0 heterocycles. The average Bonchev–Trinajstić information content (AvgIpc) is 1.88. The molecule has 0 unspecified atom stereocenters. The molecule has 0 radical (unpaired) electrons. The molecular weight excluding hydrogens is 238 g/mol. The normalized spacial score (nSPS) is 9.50. The Kier molecular flexibility index (Phi) is 2.59. The third-order valence-electron chi connectivity index (χ3n) is 1.37. The summed E-state index contributed by atoms with van der Waals surface area (Å²) in [6.45, 7) is 0.